The van der Waals surface area contributed by atoms with E-state index < -0.39 is 0 Å². The molecule has 0 aliphatic heterocycles. The number of aryl methyl sites for hydroxylation is 1. The van der Waals surface area contributed by atoms with Crippen molar-refractivity contribution in [3.8, 4) is 5.75 Å². The van der Waals surface area contributed by atoms with Gasteiger partial charge in [0.05, 0.1) is 11.8 Å². The summed E-state index contributed by atoms with van der Waals surface area (Å²) in [6.45, 7) is 4.69. The van der Waals surface area contributed by atoms with E-state index in [1.165, 1.54) is 0 Å². The number of hydrogen-bond donors (Lipinski definition) is 0. The number of benzene rings is 2. The first kappa shape index (κ1) is 15.8. The molecule has 0 aromatic heterocycles. The molecule has 0 fully saturated rings. The van der Waals surface area contributed by atoms with Gasteiger partial charge in [0.2, 0.25) is 0 Å². The van der Waals surface area contributed by atoms with Crippen LogP contribution in [0.15, 0.2) is 60.9 Å². The Labute approximate surface area is 131 Å². The normalized spacial score (nSPS) is 10.6. The van der Waals surface area contributed by atoms with Crippen molar-refractivity contribution < 1.29 is 14.3 Å². The van der Waals surface area contributed by atoms with E-state index in [2.05, 4.69) is 0 Å². The molecule has 2 rings (SSSR count). The second-order valence-corrected chi connectivity index (χ2v) is 4.88. The SMILES string of the molecule is CC=COCCOc1cc(C)ccc1C(=O)c1ccccc1. The Kier molecular flexibility index (Phi) is 5.78. The van der Waals surface area contributed by atoms with Crippen LogP contribution in [0.25, 0.3) is 0 Å². The van der Waals surface area contributed by atoms with E-state index in [9.17, 15) is 4.79 Å². The van der Waals surface area contributed by atoms with Crippen molar-refractivity contribution in [3.63, 3.8) is 0 Å². The van der Waals surface area contributed by atoms with Crippen LogP contribution < -0.4 is 4.74 Å². The molecule has 3 heteroatoms. The van der Waals surface area contributed by atoms with Gasteiger partial charge < -0.3 is 9.47 Å². The minimum atomic E-state index is -0.0371. The monoisotopic (exact) mass is 296 g/mol. The zero-order chi connectivity index (χ0) is 15.8. The average Bonchev–Trinajstić information content (AvgIpc) is 2.55. The van der Waals surface area contributed by atoms with Gasteiger partial charge in [-0.15, -0.1) is 0 Å². The average molecular weight is 296 g/mol. The van der Waals surface area contributed by atoms with Crippen LogP contribution in [0.5, 0.6) is 5.75 Å². The van der Waals surface area contributed by atoms with E-state index in [-0.39, 0.29) is 5.78 Å². The van der Waals surface area contributed by atoms with Crippen LogP contribution in [0.4, 0.5) is 0 Å². The smallest absolute Gasteiger partial charge is 0.196 e. The zero-order valence-corrected chi connectivity index (χ0v) is 12.9. The second-order valence-electron chi connectivity index (χ2n) is 4.88. The molecule has 22 heavy (non-hydrogen) atoms. The molecular weight excluding hydrogens is 276 g/mol. The lowest BCUT2D eigenvalue weighted by atomic mass is 10.0. The van der Waals surface area contributed by atoms with Gasteiger partial charge in [-0.05, 0) is 31.5 Å². The maximum Gasteiger partial charge on any atom is 0.196 e. The third kappa shape index (κ3) is 4.22. The molecule has 114 valence electrons. The fourth-order valence-corrected chi connectivity index (χ4v) is 2.05. The van der Waals surface area contributed by atoms with Crippen molar-refractivity contribution in [3.05, 3.63) is 77.6 Å². The first-order valence-electron chi connectivity index (χ1n) is 7.28. The zero-order valence-electron chi connectivity index (χ0n) is 12.9. The molecule has 0 saturated heterocycles. The van der Waals surface area contributed by atoms with Crippen LogP contribution in [0.1, 0.15) is 28.4 Å². The molecule has 2 aromatic rings. The van der Waals surface area contributed by atoms with Crippen LogP contribution in [-0.4, -0.2) is 19.0 Å². The molecular formula is C19H20O3. The molecule has 0 heterocycles. The van der Waals surface area contributed by atoms with Gasteiger partial charge in [-0.2, -0.15) is 0 Å². The van der Waals surface area contributed by atoms with Gasteiger partial charge in [0, 0.05) is 5.56 Å². The minimum absolute atomic E-state index is 0.0371. The van der Waals surface area contributed by atoms with E-state index >= 15 is 0 Å². The number of rotatable bonds is 7. The highest BCUT2D eigenvalue weighted by atomic mass is 16.5. The number of hydrogen-bond acceptors (Lipinski definition) is 3. The molecule has 0 atom stereocenters. The molecule has 0 unspecified atom stereocenters. The summed E-state index contributed by atoms with van der Waals surface area (Å²) >= 11 is 0. The molecule has 0 saturated carbocycles. The summed E-state index contributed by atoms with van der Waals surface area (Å²) in [5.41, 5.74) is 2.28. The summed E-state index contributed by atoms with van der Waals surface area (Å²) in [6, 6.07) is 14.8. The standard InChI is InChI=1S/C19H20O3/c1-3-11-21-12-13-22-18-14-15(2)9-10-17(18)19(20)16-7-5-4-6-8-16/h3-11,14H,12-13H2,1-2H3. The Morgan fingerprint density at radius 1 is 1.09 bits per heavy atom. The van der Waals surface area contributed by atoms with Crippen LogP contribution in [0, 0.1) is 6.92 Å². The fourth-order valence-electron chi connectivity index (χ4n) is 2.05. The van der Waals surface area contributed by atoms with Crippen molar-refractivity contribution >= 4 is 5.78 Å². The van der Waals surface area contributed by atoms with Crippen molar-refractivity contribution in [2.45, 2.75) is 13.8 Å². The third-order valence-electron chi connectivity index (χ3n) is 3.11. The second kappa shape index (κ2) is 8.03. The first-order chi connectivity index (χ1) is 10.7. The fraction of sp³-hybridized carbons (Fsp3) is 0.211. The van der Waals surface area contributed by atoms with Crippen molar-refractivity contribution in [1.29, 1.82) is 0 Å². The van der Waals surface area contributed by atoms with E-state index in [1.54, 1.807) is 18.4 Å². The lowest BCUT2D eigenvalue weighted by molar-refractivity contribution is 0.103. The van der Waals surface area contributed by atoms with Gasteiger partial charge in [-0.25, -0.2) is 0 Å². The highest BCUT2D eigenvalue weighted by molar-refractivity contribution is 6.10. The molecule has 0 aliphatic carbocycles. The Morgan fingerprint density at radius 3 is 2.59 bits per heavy atom. The van der Waals surface area contributed by atoms with E-state index in [0.717, 1.165) is 5.56 Å². The van der Waals surface area contributed by atoms with Crippen LogP contribution >= 0.6 is 0 Å². The van der Waals surface area contributed by atoms with E-state index in [0.29, 0.717) is 30.1 Å². The number of ketones is 1. The molecule has 0 aliphatic rings. The Morgan fingerprint density at radius 2 is 1.86 bits per heavy atom. The first-order valence-corrected chi connectivity index (χ1v) is 7.28. The maximum absolute atomic E-state index is 12.6. The summed E-state index contributed by atoms with van der Waals surface area (Å²) in [6.07, 6.45) is 3.44. The molecule has 0 spiro atoms. The summed E-state index contributed by atoms with van der Waals surface area (Å²) in [4.78, 5) is 12.6. The lowest BCUT2D eigenvalue weighted by Crippen LogP contribution is -2.09. The van der Waals surface area contributed by atoms with E-state index in [4.69, 9.17) is 9.47 Å². The van der Waals surface area contributed by atoms with Gasteiger partial charge in [-0.1, -0.05) is 42.5 Å². The highest BCUT2D eigenvalue weighted by Gasteiger charge is 2.14. The number of allylic oxidation sites excluding steroid dienone is 1. The predicted octanol–water partition coefficient (Wildman–Crippen LogP) is 4.16. The number of ether oxygens (including phenoxy) is 2. The highest BCUT2D eigenvalue weighted by Crippen LogP contribution is 2.23. The van der Waals surface area contributed by atoms with Gasteiger partial charge in [0.15, 0.2) is 5.78 Å². The van der Waals surface area contributed by atoms with Crippen molar-refractivity contribution in [2.75, 3.05) is 13.2 Å². The summed E-state index contributed by atoms with van der Waals surface area (Å²) in [5, 5.41) is 0. The Hall–Kier alpha value is -2.55. The summed E-state index contributed by atoms with van der Waals surface area (Å²) in [5.74, 6) is 0.558. The van der Waals surface area contributed by atoms with Crippen molar-refractivity contribution in [2.24, 2.45) is 0 Å². The Balaban J connectivity index is 2.15. The Bertz CT molecular complexity index is 645. The van der Waals surface area contributed by atoms with Crippen molar-refractivity contribution in [1.82, 2.24) is 0 Å². The van der Waals surface area contributed by atoms with Gasteiger partial charge in [-0.3, -0.25) is 4.79 Å². The molecule has 2 aromatic carbocycles. The quantitative estimate of drug-likeness (QED) is 0.437. The summed E-state index contributed by atoms with van der Waals surface area (Å²) in [7, 11) is 0. The minimum Gasteiger partial charge on any atom is -0.498 e. The molecule has 0 N–H and O–H groups in total. The van der Waals surface area contributed by atoms with Crippen LogP contribution in [-0.2, 0) is 4.74 Å². The molecule has 0 bridgehead atoms. The maximum atomic E-state index is 12.6. The van der Waals surface area contributed by atoms with Gasteiger partial charge in [0.25, 0.3) is 0 Å². The molecule has 0 radical (unpaired) electrons. The lowest BCUT2D eigenvalue weighted by Gasteiger charge is -2.12. The van der Waals surface area contributed by atoms with Gasteiger partial charge in [0.1, 0.15) is 19.0 Å². The number of carbonyl (C=O) groups excluding carboxylic acids is 1. The number of carbonyl (C=O) groups is 1. The van der Waals surface area contributed by atoms with Crippen LogP contribution in [0.3, 0.4) is 0 Å². The summed E-state index contributed by atoms with van der Waals surface area (Å²) < 4.78 is 11.0. The predicted molar refractivity (Wildman–Crippen MR) is 87.3 cm³/mol. The van der Waals surface area contributed by atoms with Crippen LogP contribution in [0.2, 0.25) is 0 Å². The topological polar surface area (TPSA) is 35.5 Å². The van der Waals surface area contributed by atoms with Gasteiger partial charge >= 0.3 is 0 Å². The molecule has 0 amide bonds. The van der Waals surface area contributed by atoms with E-state index in [1.807, 2.05) is 56.3 Å². The third-order valence-corrected chi connectivity index (χ3v) is 3.11. The molecule has 3 nitrogen and oxygen atoms in total. The largest absolute Gasteiger partial charge is 0.498 e.